The van der Waals surface area contributed by atoms with Crippen LogP contribution in [0, 0.1) is 28.8 Å². The van der Waals surface area contributed by atoms with E-state index in [0.29, 0.717) is 10.2 Å². The Labute approximate surface area is 132 Å². The van der Waals surface area contributed by atoms with Crippen LogP contribution in [0.1, 0.15) is 11.1 Å². The maximum Gasteiger partial charge on any atom is 0.132 e. The fourth-order valence-electron chi connectivity index (χ4n) is 1.72. The predicted molar refractivity (Wildman–Crippen MR) is 77.5 cm³/mol. The van der Waals surface area contributed by atoms with Gasteiger partial charge in [0.05, 0.1) is 22.3 Å². The van der Waals surface area contributed by atoms with Gasteiger partial charge in [-0.25, -0.2) is 13.2 Å². The highest BCUT2D eigenvalue weighted by Gasteiger charge is 2.13. The molecule has 0 atom stereocenters. The topological polar surface area (TPSA) is 35.8 Å². The van der Waals surface area contributed by atoms with Crippen LogP contribution >= 0.6 is 27.5 Å². The summed E-state index contributed by atoms with van der Waals surface area (Å²) in [4.78, 5) is 0. The monoisotopic (exact) mass is 374 g/mol. The van der Waals surface area contributed by atoms with E-state index < -0.39 is 17.5 Å². The maximum atomic E-state index is 13.7. The largest absolute Gasteiger partial charge is 0.379 e. The van der Waals surface area contributed by atoms with Crippen LogP contribution in [0.4, 0.5) is 18.9 Å². The Bertz CT molecular complexity index is 697. The van der Waals surface area contributed by atoms with Crippen molar-refractivity contribution < 1.29 is 13.2 Å². The van der Waals surface area contributed by atoms with Gasteiger partial charge in [-0.15, -0.1) is 0 Å². The van der Waals surface area contributed by atoms with E-state index >= 15 is 0 Å². The van der Waals surface area contributed by atoms with Gasteiger partial charge in [-0.1, -0.05) is 11.6 Å². The smallest absolute Gasteiger partial charge is 0.132 e. The highest BCUT2D eigenvalue weighted by atomic mass is 79.9. The lowest BCUT2D eigenvalue weighted by Crippen LogP contribution is -2.06. The third-order valence-electron chi connectivity index (χ3n) is 2.72. The lowest BCUT2D eigenvalue weighted by molar-refractivity contribution is 0.559. The van der Waals surface area contributed by atoms with Crippen LogP contribution in [0.5, 0.6) is 0 Å². The minimum Gasteiger partial charge on any atom is -0.379 e. The molecule has 0 saturated heterocycles. The molecular formula is C14H7BrClF3N2. The van der Waals surface area contributed by atoms with Gasteiger partial charge < -0.3 is 5.32 Å². The Balaban J connectivity index is 2.28. The van der Waals surface area contributed by atoms with Gasteiger partial charge in [0.25, 0.3) is 0 Å². The van der Waals surface area contributed by atoms with Crippen molar-refractivity contribution in [1.82, 2.24) is 0 Å². The lowest BCUT2D eigenvalue weighted by atomic mass is 10.1. The number of halogens is 5. The maximum absolute atomic E-state index is 13.7. The van der Waals surface area contributed by atoms with Gasteiger partial charge in [0.1, 0.15) is 17.5 Å². The van der Waals surface area contributed by atoms with Crippen LogP contribution in [0.15, 0.2) is 28.7 Å². The highest BCUT2D eigenvalue weighted by molar-refractivity contribution is 9.10. The summed E-state index contributed by atoms with van der Waals surface area (Å²) in [6.45, 7) is -0.201. The molecule has 0 aliphatic heterocycles. The second kappa shape index (κ2) is 6.37. The molecule has 1 N–H and O–H groups in total. The zero-order valence-corrected chi connectivity index (χ0v) is 12.7. The standard InChI is InChI=1S/C14H7BrClF3N2/c15-10-3-8(17)4-11(16)14(10)21-6-9-12(18)1-7(5-20)2-13(9)19/h1-4,21H,6H2. The molecular weight excluding hydrogens is 369 g/mol. The zero-order chi connectivity index (χ0) is 15.6. The predicted octanol–water partition coefficient (Wildman–Crippen LogP) is 5.00. The first-order valence-corrected chi connectivity index (χ1v) is 6.86. The normalized spacial score (nSPS) is 10.3. The quantitative estimate of drug-likeness (QED) is 0.819. The molecule has 21 heavy (non-hydrogen) atoms. The van der Waals surface area contributed by atoms with Crippen molar-refractivity contribution in [1.29, 1.82) is 5.26 Å². The van der Waals surface area contributed by atoms with Crippen molar-refractivity contribution in [3.8, 4) is 6.07 Å². The Morgan fingerprint density at radius 3 is 2.29 bits per heavy atom. The third kappa shape index (κ3) is 3.49. The van der Waals surface area contributed by atoms with Crippen molar-refractivity contribution in [2.24, 2.45) is 0 Å². The summed E-state index contributed by atoms with van der Waals surface area (Å²) in [7, 11) is 0. The second-order valence-electron chi connectivity index (χ2n) is 4.13. The molecule has 0 aromatic heterocycles. The first kappa shape index (κ1) is 15.7. The Hall–Kier alpha value is -1.71. The zero-order valence-electron chi connectivity index (χ0n) is 10.4. The average molecular weight is 376 g/mol. The van der Waals surface area contributed by atoms with Crippen molar-refractivity contribution in [3.63, 3.8) is 0 Å². The Morgan fingerprint density at radius 1 is 1.14 bits per heavy atom. The van der Waals surface area contributed by atoms with E-state index in [0.717, 1.165) is 18.2 Å². The molecule has 0 heterocycles. The van der Waals surface area contributed by atoms with E-state index in [9.17, 15) is 13.2 Å². The summed E-state index contributed by atoms with van der Waals surface area (Å²) in [6, 6.07) is 5.82. The molecule has 0 bridgehead atoms. The number of hydrogen-bond acceptors (Lipinski definition) is 2. The summed E-state index contributed by atoms with van der Waals surface area (Å²) in [5.74, 6) is -2.21. The number of nitriles is 1. The Morgan fingerprint density at radius 2 is 1.76 bits per heavy atom. The van der Waals surface area contributed by atoms with Crippen molar-refractivity contribution in [2.45, 2.75) is 6.54 Å². The van der Waals surface area contributed by atoms with E-state index in [1.807, 2.05) is 0 Å². The molecule has 2 aromatic rings. The van der Waals surface area contributed by atoms with E-state index in [2.05, 4.69) is 21.2 Å². The van der Waals surface area contributed by atoms with Crippen molar-refractivity contribution in [2.75, 3.05) is 5.32 Å². The van der Waals surface area contributed by atoms with Crippen molar-refractivity contribution in [3.05, 3.63) is 62.3 Å². The first-order valence-electron chi connectivity index (χ1n) is 5.69. The SMILES string of the molecule is N#Cc1cc(F)c(CNc2c(Cl)cc(F)cc2Br)c(F)c1. The number of hydrogen-bond donors (Lipinski definition) is 1. The molecule has 0 unspecified atom stereocenters. The molecule has 0 amide bonds. The van der Waals surface area contributed by atoms with E-state index in [1.165, 1.54) is 6.07 Å². The minimum absolute atomic E-state index is 0.0799. The number of nitrogens with zero attached hydrogens (tertiary/aromatic N) is 1. The molecule has 0 aliphatic carbocycles. The number of benzene rings is 2. The van der Waals surface area contributed by atoms with Gasteiger partial charge in [0, 0.05) is 16.6 Å². The van der Waals surface area contributed by atoms with Gasteiger partial charge in [0.2, 0.25) is 0 Å². The molecule has 7 heteroatoms. The average Bonchev–Trinajstić information content (AvgIpc) is 2.39. The molecule has 0 spiro atoms. The van der Waals surface area contributed by atoms with Crippen LogP contribution in [-0.2, 0) is 6.54 Å². The summed E-state index contributed by atoms with van der Waals surface area (Å²) in [5, 5.41) is 11.4. The van der Waals surface area contributed by atoms with Crippen LogP contribution in [0.2, 0.25) is 5.02 Å². The Kier molecular flexibility index (Phi) is 4.76. The molecule has 2 nitrogen and oxygen atoms in total. The first-order chi connectivity index (χ1) is 9.92. The molecule has 108 valence electrons. The van der Waals surface area contributed by atoms with Crippen molar-refractivity contribution >= 4 is 33.2 Å². The number of rotatable bonds is 3. The van der Waals surface area contributed by atoms with Crippen LogP contribution < -0.4 is 5.32 Å². The second-order valence-corrected chi connectivity index (χ2v) is 5.39. The molecule has 2 rings (SSSR count). The van der Waals surface area contributed by atoms with Gasteiger partial charge in [-0.05, 0) is 40.2 Å². The van der Waals surface area contributed by atoms with Crippen LogP contribution in [0.3, 0.4) is 0 Å². The summed E-state index contributed by atoms with van der Waals surface area (Å²) >= 11 is 8.98. The molecule has 0 radical (unpaired) electrons. The van der Waals surface area contributed by atoms with Gasteiger partial charge in [-0.3, -0.25) is 0 Å². The highest BCUT2D eigenvalue weighted by Crippen LogP contribution is 2.32. The number of anilines is 1. The molecule has 0 aliphatic rings. The molecule has 2 aromatic carbocycles. The fourth-order valence-corrected chi connectivity index (χ4v) is 2.68. The summed E-state index contributed by atoms with van der Waals surface area (Å²) in [6.07, 6.45) is 0. The number of nitrogens with one attached hydrogen (secondary N) is 1. The fraction of sp³-hybridized carbons (Fsp3) is 0.0714. The van der Waals surface area contributed by atoms with Gasteiger partial charge in [0.15, 0.2) is 0 Å². The van der Waals surface area contributed by atoms with Gasteiger partial charge >= 0.3 is 0 Å². The third-order valence-corrected chi connectivity index (χ3v) is 3.64. The van der Waals surface area contributed by atoms with E-state index in [4.69, 9.17) is 16.9 Å². The van der Waals surface area contributed by atoms with Crippen LogP contribution in [-0.4, -0.2) is 0 Å². The van der Waals surface area contributed by atoms with E-state index in [1.54, 1.807) is 6.07 Å². The molecule has 0 saturated carbocycles. The van der Waals surface area contributed by atoms with E-state index in [-0.39, 0.29) is 22.7 Å². The minimum atomic E-state index is -0.839. The summed E-state index contributed by atoms with van der Waals surface area (Å²) in [5.41, 5.74) is -0.0164. The lowest BCUT2D eigenvalue weighted by Gasteiger charge is -2.12. The summed E-state index contributed by atoms with van der Waals surface area (Å²) < 4.78 is 40.9. The van der Waals surface area contributed by atoms with Gasteiger partial charge in [-0.2, -0.15) is 5.26 Å². The van der Waals surface area contributed by atoms with Crippen LogP contribution in [0.25, 0.3) is 0 Å². The molecule has 0 fully saturated rings.